The van der Waals surface area contributed by atoms with Crippen molar-refractivity contribution in [2.75, 3.05) is 5.75 Å². The van der Waals surface area contributed by atoms with Crippen molar-refractivity contribution in [1.82, 2.24) is 5.32 Å². The molecule has 1 atom stereocenters. The van der Waals surface area contributed by atoms with Gasteiger partial charge in [0.2, 0.25) is 12.2 Å². The van der Waals surface area contributed by atoms with Crippen LogP contribution in [0.25, 0.3) is 0 Å². The molecular formula is C12H13FN2O5S. The van der Waals surface area contributed by atoms with E-state index < -0.39 is 28.4 Å². The predicted octanol–water partition coefficient (Wildman–Crippen LogP) is 1.56. The summed E-state index contributed by atoms with van der Waals surface area (Å²) in [6.07, 6.45) is 0.559. The molecule has 2 N–H and O–H groups in total. The Kier molecular flexibility index (Phi) is 6.60. The van der Waals surface area contributed by atoms with E-state index in [4.69, 9.17) is 5.11 Å². The minimum atomic E-state index is -1.12. The number of nitro benzene ring substituents is 1. The van der Waals surface area contributed by atoms with Gasteiger partial charge in [-0.15, -0.1) is 0 Å². The zero-order chi connectivity index (χ0) is 15.8. The summed E-state index contributed by atoms with van der Waals surface area (Å²) in [5, 5.41) is 21.4. The number of amides is 1. The van der Waals surface area contributed by atoms with Crippen LogP contribution in [0.15, 0.2) is 18.2 Å². The molecule has 0 aliphatic rings. The second-order valence-corrected chi connectivity index (χ2v) is 5.16. The highest BCUT2D eigenvalue weighted by atomic mass is 32.2. The third kappa shape index (κ3) is 5.38. The average Bonchev–Trinajstić information content (AvgIpc) is 2.41. The first kappa shape index (κ1) is 16.9. The molecule has 9 heteroatoms. The number of thioether (sulfide) groups is 1. The number of carbonyl (C=O) groups excluding carboxylic acids is 1. The van der Waals surface area contributed by atoms with Crippen LogP contribution >= 0.6 is 11.8 Å². The van der Waals surface area contributed by atoms with Crippen molar-refractivity contribution in [2.24, 2.45) is 0 Å². The molecule has 1 aromatic rings. The van der Waals surface area contributed by atoms with Gasteiger partial charge in [0, 0.05) is 11.8 Å². The minimum absolute atomic E-state index is 0.230. The van der Waals surface area contributed by atoms with Gasteiger partial charge in [0.15, 0.2) is 0 Å². The van der Waals surface area contributed by atoms with Crippen LogP contribution in [0.3, 0.4) is 0 Å². The maximum atomic E-state index is 13.4. The molecule has 114 valence electrons. The van der Waals surface area contributed by atoms with Gasteiger partial charge in [-0.05, 0) is 23.8 Å². The summed E-state index contributed by atoms with van der Waals surface area (Å²) in [5.41, 5.74) is -0.0109. The van der Waals surface area contributed by atoms with Crippen molar-refractivity contribution in [3.8, 4) is 0 Å². The molecular weight excluding hydrogens is 303 g/mol. The number of carboxylic acids is 1. The normalized spacial score (nSPS) is 11.7. The average molecular weight is 316 g/mol. The molecule has 0 aliphatic carbocycles. The van der Waals surface area contributed by atoms with E-state index in [1.165, 1.54) is 17.8 Å². The largest absolute Gasteiger partial charge is 0.480 e. The molecule has 1 rings (SSSR count). The van der Waals surface area contributed by atoms with Crippen molar-refractivity contribution < 1.29 is 24.0 Å². The zero-order valence-electron chi connectivity index (χ0n) is 10.8. The number of nitrogens with zero attached hydrogens (tertiary/aromatic N) is 1. The van der Waals surface area contributed by atoms with Crippen molar-refractivity contribution in [3.63, 3.8) is 0 Å². The molecule has 0 spiro atoms. The first-order chi connectivity index (χ1) is 9.95. The molecule has 0 heterocycles. The van der Waals surface area contributed by atoms with E-state index in [2.05, 4.69) is 5.32 Å². The number of carbonyl (C=O) groups is 2. The second-order valence-electron chi connectivity index (χ2n) is 4.06. The predicted molar refractivity (Wildman–Crippen MR) is 74.5 cm³/mol. The number of aliphatic carboxylic acids is 1. The van der Waals surface area contributed by atoms with E-state index in [0.29, 0.717) is 23.5 Å². The fourth-order valence-corrected chi connectivity index (χ4v) is 2.50. The SMILES string of the molecule is O=CNC(CCSCc1ccc([N+](=O)[O-])c(F)c1)C(=O)O. The van der Waals surface area contributed by atoms with Crippen molar-refractivity contribution in [2.45, 2.75) is 18.2 Å². The van der Waals surface area contributed by atoms with Crippen molar-refractivity contribution >= 4 is 29.8 Å². The number of benzene rings is 1. The molecule has 0 radical (unpaired) electrons. The van der Waals surface area contributed by atoms with Gasteiger partial charge in [-0.3, -0.25) is 14.9 Å². The number of carboxylic acid groups (broad SMARTS) is 1. The van der Waals surface area contributed by atoms with Crippen LogP contribution in [0.5, 0.6) is 0 Å². The Hall–Kier alpha value is -2.16. The number of hydrogen-bond donors (Lipinski definition) is 2. The smallest absolute Gasteiger partial charge is 0.326 e. The maximum Gasteiger partial charge on any atom is 0.326 e. The fraction of sp³-hybridized carbons (Fsp3) is 0.333. The molecule has 1 amide bonds. The van der Waals surface area contributed by atoms with E-state index in [1.54, 1.807) is 0 Å². The number of rotatable bonds is 9. The highest BCUT2D eigenvalue weighted by Crippen LogP contribution is 2.21. The summed E-state index contributed by atoms with van der Waals surface area (Å²) >= 11 is 1.35. The lowest BCUT2D eigenvalue weighted by molar-refractivity contribution is -0.387. The Balaban J connectivity index is 2.45. The lowest BCUT2D eigenvalue weighted by atomic mass is 10.2. The van der Waals surface area contributed by atoms with Crippen LogP contribution in [0, 0.1) is 15.9 Å². The van der Waals surface area contributed by atoms with Gasteiger partial charge in [0.1, 0.15) is 6.04 Å². The van der Waals surface area contributed by atoms with Gasteiger partial charge < -0.3 is 10.4 Å². The van der Waals surface area contributed by atoms with Gasteiger partial charge >= 0.3 is 11.7 Å². The molecule has 0 aromatic heterocycles. The number of nitrogens with one attached hydrogen (secondary N) is 1. The second kappa shape index (κ2) is 8.20. The van der Waals surface area contributed by atoms with Gasteiger partial charge in [-0.1, -0.05) is 6.07 Å². The Labute approximate surface area is 123 Å². The molecule has 1 unspecified atom stereocenters. The monoisotopic (exact) mass is 316 g/mol. The zero-order valence-corrected chi connectivity index (χ0v) is 11.6. The van der Waals surface area contributed by atoms with Crippen LogP contribution < -0.4 is 5.32 Å². The molecule has 0 fully saturated rings. The maximum absolute atomic E-state index is 13.4. The number of nitro groups is 1. The van der Waals surface area contributed by atoms with E-state index in [0.717, 1.165) is 12.1 Å². The summed E-state index contributed by atoms with van der Waals surface area (Å²) in [4.78, 5) is 30.6. The number of hydrogen-bond acceptors (Lipinski definition) is 5. The Morgan fingerprint density at radius 2 is 2.29 bits per heavy atom. The topological polar surface area (TPSA) is 110 Å². The van der Waals surface area contributed by atoms with Gasteiger partial charge in [-0.2, -0.15) is 16.2 Å². The Bertz CT molecular complexity index is 540. The van der Waals surface area contributed by atoms with Crippen molar-refractivity contribution in [1.29, 1.82) is 0 Å². The van der Waals surface area contributed by atoms with Gasteiger partial charge in [-0.25, -0.2) is 4.79 Å². The summed E-state index contributed by atoms with van der Waals surface area (Å²) < 4.78 is 13.4. The van der Waals surface area contributed by atoms with Crippen LogP contribution in [-0.4, -0.2) is 34.2 Å². The highest BCUT2D eigenvalue weighted by Gasteiger charge is 2.16. The molecule has 0 saturated heterocycles. The Morgan fingerprint density at radius 3 is 2.81 bits per heavy atom. The van der Waals surface area contributed by atoms with Crippen LogP contribution in [-0.2, 0) is 15.3 Å². The standard InChI is InChI=1S/C12H13FN2O5S/c13-9-5-8(1-2-11(9)15(19)20)6-21-4-3-10(12(17)18)14-7-16/h1-2,5,7,10H,3-4,6H2,(H,14,16)(H,17,18). The van der Waals surface area contributed by atoms with Gasteiger partial charge in [0.05, 0.1) is 4.92 Å². The quantitative estimate of drug-likeness (QED) is 0.310. The summed E-state index contributed by atoms with van der Waals surface area (Å²) in [6.45, 7) is 0. The minimum Gasteiger partial charge on any atom is -0.480 e. The lowest BCUT2D eigenvalue weighted by Crippen LogP contribution is -2.36. The molecule has 7 nitrogen and oxygen atoms in total. The third-order valence-electron chi connectivity index (χ3n) is 2.60. The summed E-state index contributed by atoms with van der Waals surface area (Å²) in [5.74, 6) is -1.19. The van der Waals surface area contributed by atoms with Crippen LogP contribution in [0.4, 0.5) is 10.1 Å². The fourth-order valence-electron chi connectivity index (χ4n) is 1.54. The van der Waals surface area contributed by atoms with E-state index in [-0.39, 0.29) is 6.42 Å². The molecule has 0 bridgehead atoms. The molecule has 0 saturated carbocycles. The van der Waals surface area contributed by atoms with Crippen LogP contribution in [0.1, 0.15) is 12.0 Å². The third-order valence-corrected chi connectivity index (χ3v) is 3.66. The highest BCUT2D eigenvalue weighted by molar-refractivity contribution is 7.98. The number of halogens is 1. The first-order valence-corrected chi connectivity index (χ1v) is 7.04. The summed E-state index contributed by atoms with van der Waals surface area (Å²) in [6, 6.07) is 2.68. The van der Waals surface area contributed by atoms with Crippen LogP contribution in [0.2, 0.25) is 0 Å². The molecule has 0 aliphatic heterocycles. The Morgan fingerprint density at radius 1 is 1.57 bits per heavy atom. The molecule has 21 heavy (non-hydrogen) atoms. The van der Waals surface area contributed by atoms with Crippen molar-refractivity contribution in [3.05, 3.63) is 39.7 Å². The van der Waals surface area contributed by atoms with Gasteiger partial charge in [0.25, 0.3) is 0 Å². The molecule has 1 aromatic carbocycles. The van der Waals surface area contributed by atoms with E-state index in [9.17, 15) is 24.1 Å². The van der Waals surface area contributed by atoms with E-state index >= 15 is 0 Å². The first-order valence-electron chi connectivity index (χ1n) is 5.88. The summed E-state index contributed by atoms with van der Waals surface area (Å²) in [7, 11) is 0. The van der Waals surface area contributed by atoms with E-state index in [1.807, 2.05) is 0 Å². The lowest BCUT2D eigenvalue weighted by Gasteiger charge is -2.10.